The molecule has 0 radical (unpaired) electrons. The summed E-state index contributed by atoms with van der Waals surface area (Å²) in [5, 5.41) is 18.7. The van der Waals surface area contributed by atoms with Gasteiger partial charge in [-0.2, -0.15) is 0 Å². The minimum absolute atomic E-state index is 0.0169. The summed E-state index contributed by atoms with van der Waals surface area (Å²) in [6.07, 6.45) is 0. The van der Waals surface area contributed by atoms with Gasteiger partial charge in [0, 0.05) is 0 Å². The van der Waals surface area contributed by atoms with Crippen LogP contribution in [0.25, 0.3) is 0 Å². The van der Waals surface area contributed by atoms with Crippen molar-refractivity contribution >= 4 is 35.1 Å². The van der Waals surface area contributed by atoms with E-state index < -0.39 is 23.3 Å². The number of halogens is 2. The first-order valence-electron chi connectivity index (χ1n) is 5.65. The number of hydrogen-bond donors (Lipinski definition) is 2. The van der Waals surface area contributed by atoms with E-state index in [9.17, 15) is 14.7 Å². The summed E-state index contributed by atoms with van der Waals surface area (Å²) in [6, 6.07) is 0.593. The van der Waals surface area contributed by atoms with E-state index in [1.807, 2.05) is 0 Å². The number of rotatable bonds is 3. The van der Waals surface area contributed by atoms with Gasteiger partial charge in [-0.25, -0.2) is 0 Å². The second-order valence-electron chi connectivity index (χ2n) is 4.64. The monoisotopic (exact) mass is 319 g/mol. The largest absolute Gasteiger partial charge is 0.481 e. The highest BCUT2D eigenvalue weighted by atomic mass is 35.5. The number of hydrogen-bond acceptors (Lipinski definition) is 5. The maximum Gasteiger partial charge on any atom is 0.313 e. The highest BCUT2D eigenvalue weighted by molar-refractivity contribution is 6.34. The third-order valence-electron chi connectivity index (χ3n) is 3.21. The second kappa shape index (κ2) is 5.51. The van der Waals surface area contributed by atoms with Crippen molar-refractivity contribution in [3.05, 3.63) is 21.9 Å². The average Bonchev–Trinajstić information content (AvgIpc) is 2.75. The van der Waals surface area contributed by atoms with Crippen molar-refractivity contribution in [2.45, 2.75) is 13.0 Å². The molecular weight excluding hydrogens is 309 g/mol. The van der Waals surface area contributed by atoms with Gasteiger partial charge >= 0.3 is 5.97 Å². The van der Waals surface area contributed by atoms with Gasteiger partial charge in [0.2, 0.25) is 0 Å². The molecule has 0 aliphatic carbocycles. The predicted molar refractivity (Wildman–Crippen MR) is 69.9 cm³/mol. The lowest BCUT2D eigenvalue weighted by Gasteiger charge is -2.25. The van der Waals surface area contributed by atoms with Gasteiger partial charge in [0.1, 0.15) is 5.41 Å². The lowest BCUT2D eigenvalue weighted by Crippen LogP contribution is -2.49. The molecular formula is C11H11Cl2N3O4. The summed E-state index contributed by atoms with van der Waals surface area (Å²) in [5.74, 6) is -1.62. The first-order chi connectivity index (χ1) is 9.34. The molecule has 1 aromatic heterocycles. The van der Waals surface area contributed by atoms with Gasteiger partial charge in [0.15, 0.2) is 10.3 Å². The minimum atomic E-state index is -1.19. The van der Waals surface area contributed by atoms with Crippen LogP contribution >= 0.6 is 23.2 Å². The molecule has 7 nitrogen and oxygen atoms in total. The van der Waals surface area contributed by atoms with Crippen LogP contribution in [0.4, 0.5) is 0 Å². The van der Waals surface area contributed by atoms with Crippen molar-refractivity contribution in [3.8, 4) is 0 Å². The zero-order valence-corrected chi connectivity index (χ0v) is 11.9. The van der Waals surface area contributed by atoms with Crippen molar-refractivity contribution in [1.82, 2.24) is 15.5 Å². The molecule has 2 heterocycles. The van der Waals surface area contributed by atoms with E-state index in [0.717, 1.165) is 0 Å². The fraction of sp³-hybridized carbons (Fsp3) is 0.455. The number of nitrogens with one attached hydrogen (secondary N) is 1. The number of carbonyl (C=O) groups excluding carboxylic acids is 1. The van der Waals surface area contributed by atoms with Crippen LogP contribution < -0.4 is 5.32 Å². The molecule has 2 rings (SSSR count). The lowest BCUT2D eigenvalue weighted by molar-refractivity contribution is -0.148. The predicted octanol–water partition coefficient (Wildman–Crippen LogP) is 1.00. The molecule has 20 heavy (non-hydrogen) atoms. The minimum Gasteiger partial charge on any atom is -0.481 e. The fourth-order valence-corrected chi connectivity index (χ4v) is 2.16. The summed E-state index contributed by atoms with van der Waals surface area (Å²) >= 11 is 11.4. The third kappa shape index (κ3) is 2.70. The van der Waals surface area contributed by atoms with E-state index in [2.05, 4.69) is 15.5 Å². The number of carboxylic acids is 1. The van der Waals surface area contributed by atoms with Gasteiger partial charge in [-0.05, 0) is 13.0 Å². The first kappa shape index (κ1) is 15.0. The van der Waals surface area contributed by atoms with E-state index in [4.69, 9.17) is 27.9 Å². The topological polar surface area (TPSA) is 101 Å². The Morgan fingerprint density at radius 2 is 2.20 bits per heavy atom. The molecule has 2 atom stereocenters. The van der Waals surface area contributed by atoms with Crippen molar-refractivity contribution in [2.24, 2.45) is 5.41 Å². The zero-order valence-electron chi connectivity index (χ0n) is 10.4. The number of aliphatic carboxylic acids is 1. The summed E-state index contributed by atoms with van der Waals surface area (Å²) in [5.41, 5.74) is -1.15. The Morgan fingerprint density at radius 1 is 1.50 bits per heavy atom. The van der Waals surface area contributed by atoms with E-state index >= 15 is 0 Å². The smallest absolute Gasteiger partial charge is 0.313 e. The van der Waals surface area contributed by atoms with Gasteiger partial charge in [0.05, 0.1) is 24.8 Å². The van der Waals surface area contributed by atoms with Crippen LogP contribution in [0.5, 0.6) is 0 Å². The van der Waals surface area contributed by atoms with Gasteiger partial charge in [0.25, 0.3) is 5.91 Å². The van der Waals surface area contributed by atoms with Crippen molar-refractivity contribution in [3.63, 3.8) is 0 Å². The highest BCUT2D eigenvalue weighted by Gasteiger charge is 2.47. The zero-order chi connectivity index (χ0) is 14.9. The molecule has 0 bridgehead atoms. The SMILES string of the molecule is CC1(C(=O)O)COCC1NC(=O)c1cc(Cl)nnc1Cl. The summed E-state index contributed by atoms with van der Waals surface area (Å²) in [6.45, 7) is 1.64. The maximum absolute atomic E-state index is 12.1. The van der Waals surface area contributed by atoms with Gasteiger partial charge in [-0.3, -0.25) is 9.59 Å². The van der Waals surface area contributed by atoms with Crippen molar-refractivity contribution < 1.29 is 19.4 Å². The molecule has 1 fully saturated rings. The molecule has 9 heteroatoms. The summed E-state index contributed by atoms with van der Waals surface area (Å²) < 4.78 is 5.14. The van der Waals surface area contributed by atoms with Crippen LogP contribution in [0.3, 0.4) is 0 Å². The molecule has 1 amide bonds. The maximum atomic E-state index is 12.1. The molecule has 0 saturated carbocycles. The molecule has 1 aliphatic rings. The second-order valence-corrected chi connectivity index (χ2v) is 5.38. The highest BCUT2D eigenvalue weighted by Crippen LogP contribution is 2.29. The average molecular weight is 320 g/mol. The van der Waals surface area contributed by atoms with Crippen LogP contribution in [0.2, 0.25) is 10.3 Å². The van der Waals surface area contributed by atoms with E-state index in [1.165, 1.54) is 13.0 Å². The van der Waals surface area contributed by atoms with Crippen molar-refractivity contribution in [1.29, 1.82) is 0 Å². The number of amides is 1. The molecule has 2 unspecified atom stereocenters. The third-order valence-corrected chi connectivity index (χ3v) is 3.68. The number of carboxylic acid groups (broad SMARTS) is 1. The Hall–Kier alpha value is -1.44. The molecule has 0 spiro atoms. The summed E-state index contributed by atoms with van der Waals surface area (Å²) in [4.78, 5) is 23.4. The Labute approximate surface area is 124 Å². The summed E-state index contributed by atoms with van der Waals surface area (Å²) in [7, 11) is 0. The molecule has 2 N–H and O–H groups in total. The van der Waals surface area contributed by atoms with Crippen LogP contribution in [0.1, 0.15) is 17.3 Å². The number of aromatic nitrogens is 2. The Bertz CT molecular complexity index is 569. The van der Waals surface area contributed by atoms with Gasteiger partial charge in [-0.1, -0.05) is 23.2 Å². The first-order valence-corrected chi connectivity index (χ1v) is 6.41. The van der Waals surface area contributed by atoms with Crippen molar-refractivity contribution in [2.75, 3.05) is 13.2 Å². The molecule has 0 aromatic carbocycles. The fourth-order valence-electron chi connectivity index (χ4n) is 1.83. The Morgan fingerprint density at radius 3 is 2.85 bits per heavy atom. The number of ether oxygens (including phenoxy) is 1. The van der Waals surface area contributed by atoms with E-state index in [-0.39, 0.29) is 29.1 Å². The Balaban J connectivity index is 2.19. The number of nitrogens with zero attached hydrogens (tertiary/aromatic N) is 2. The molecule has 108 valence electrons. The lowest BCUT2D eigenvalue weighted by atomic mass is 9.85. The van der Waals surface area contributed by atoms with Crippen LogP contribution in [0, 0.1) is 5.41 Å². The van der Waals surface area contributed by atoms with Crippen LogP contribution in [0.15, 0.2) is 6.07 Å². The number of carbonyl (C=O) groups is 2. The Kier molecular flexibility index (Phi) is 4.12. The van der Waals surface area contributed by atoms with E-state index in [0.29, 0.717) is 0 Å². The van der Waals surface area contributed by atoms with Crippen LogP contribution in [-0.4, -0.2) is 46.4 Å². The molecule has 1 aromatic rings. The standard InChI is InChI=1S/C11H11Cl2N3O4/c1-11(10(18)19)4-20-3-6(11)14-9(17)5-2-7(12)15-16-8(5)13/h2,6H,3-4H2,1H3,(H,14,17)(H,18,19). The van der Waals surface area contributed by atoms with Gasteiger partial charge < -0.3 is 15.2 Å². The normalized spacial score (nSPS) is 25.4. The van der Waals surface area contributed by atoms with Gasteiger partial charge in [-0.15, -0.1) is 10.2 Å². The molecule has 1 aliphatic heterocycles. The quantitative estimate of drug-likeness (QED) is 0.862. The molecule has 1 saturated heterocycles. The van der Waals surface area contributed by atoms with E-state index in [1.54, 1.807) is 0 Å². The van der Waals surface area contributed by atoms with Crippen LogP contribution in [-0.2, 0) is 9.53 Å².